The van der Waals surface area contributed by atoms with Crippen LogP contribution in [0.2, 0.25) is 5.28 Å². The predicted molar refractivity (Wildman–Crippen MR) is 164 cm³/mol. The molecule has 1 N–H and O–H groups in total. The van der Waals surface area contributed by atoms with E-state index in [0.29, 0.717) is 31.0 Å². The summed E-state index contributed by atoms with van der Waals surface area (Å²) in [5.41, 5.74) is -0.628. The first-order valence-electron chi connectivity index (χ1n) is 13.5. The van der Waals surface area contributed by atoms with Gasteiger partial charge in [-0.1, -0.05) is 18.2 Å². The van der Waals surface area contributed by atoms with Gasteiger partial charge in [-0.05, 0) is 50.9 Å². The number of carbonyl (C=O) groups is 3. The number of benzene rings is 1. The number of methoxy groups -OCH3 is 2. The van der Waals surface area contributed by atoms with Crippen LogP contribution in [0.1, 0.15) is 33.6 Å². The molecule has 15 nitrogen and oxygen atoms in total. The minimum absolute atomic E-state index is 0.0221. The maximum Gasteiger partial charge on any atom is 0.413 e. The molecule has 2 heterocycles. The molecule has 2 atom stereocenters. The first kappa shape index (κ1) is 35.4. The summed E-state index contributed by atoms with van der Waals surface area (Å²) in [6.45, 7) is 5.19. The summed E-state index contributed by atoms with van der Waals surface area (Å²) >= 11 is 6.16. The van der Waals surface area contributed by atoms with Crippen molar-refractivity contribution in [2.24, 2.45) is 0 Å². The quantitative estimate of drug-likeness (QED) is 0.0373. The highest BCUT2D eigenvalue weighted by molar-refractivity contribution is 7.26. The molecule has 0 bridgehead atoms. The summed E-state index contributed by atoms with van der Waals surface area (Å²) < 4.78 is 38.8. The first-order valence-corrected chi connectivity index (χ1v) is 14.7. The highest BCUT2D eigenvalue weighted by Gasteiger charge is 2.29. The van der Waals surface area contributed by atoms with Crippen molar-refractivity contribution in [1.82, 2.24) is 19.5 Å². The molecule has 0 fully saturated rings. The van der Waals surface area contributed by atoms with Crippen LogP contribution >= 0.6 is 20.6 Å². The number of anilines is 1. The Morgan fingerprint density at radius 1 is 1.18 bits per heavy atom. The van der Waals surface area contributed by atoms with Crippen LogP contribution in [-0.4, -0.2) is 77.2 Å². The molecule has 17 heteroatoms. The first-order chi connectivity index (χ1) is 21.5. The molecule has 244 valence electrons. The van der Waals surface area contributed by atoms with Crippen LogP contribution in [0, 0.1) is 0 Å². The smallest absolute Gasteiger partial charge is 0.413 e. The summed E-state index contributed by atoms with van der Waals surface area (Å²) in [5, 5.41) is 2.39. The fourth-order valence-electron chi connectivity index (χ4n) is 3.76. The Morgan fingerprint density at radius 3 is 2.62 bits per heavy atom. The molecular weight excluding hydrogens is 633 g/mol. The van der Waals surface area contributed by atoms with E-state index in [-0.39, 0.29) is 62.8 Å². The number of esters is 1. The van der Waals surface area contributed by atoms with Crippen molar-refractivity contribution in [3.63, 3.8) is 0 Å². The molecule has 2 aromatic heterocycles. The lowest BCUT2D eigenvalue weighted by atomic mass is 10.1. The maximum absolute atomic E-state index is 12.8. The largest absolute Gasteiger partial charge is 0.498 e. The summed E-state index contributed by atoms with van der Waals surface area (Å²) in [5.74, 6) is 0.321. The van der Waals surface area contributed by atoms with Gasteiger partial charge in [-0.3, -0.25) is 14.9 Å². The third-order valence-corrected chi connectivity index (χ3v) is 6.88. The molecule has 0 aliphatic heterocycles. The third-order valence-electron chi connectivity index (χ3n) is 6.11. The number of aromatic nitrogens is 4. The molecule has 0 saturated heterocycles. The molecule has 3 aromatic rings. The molecule has 0 aliphatic rings. The SMILES string of the molecule is CO/C(C)=C(/COC(=O)CC(C)(C)OC(=O)Nc1nc(Cl)nc2c1ncn2CCC(COPOc1ccccc1)OC)OC=O. The van der Waals surface area contributed by atoms with Gasteiger partial charge in [0.05, 0.1) is 32.6 Å². The lowest BCUT2D eigenvalue weighted by Crippen LogP contribution is -2.34. The van der Waals surface area contributed by atoms with Gasteiger partial charge in [0.25, 0.3) is 6.47 Å². The Morgan fingerprint density at radius 2 is 1.93 bits per heavy atom. The second-order valence-electron chi connectivity index (χ2n) is 9.92. The van der Waals surface area contributed by atoms with Crippen LogP contribution in [0.4, 0.5) is 10.6 Å². The monoisotopic (exact) mass is 667 g/mol. The maximum atomic E-state index is 12.8. The number of ether oxygens (including phenoxy) is 5. The number of imidazole rings is 1. The number of halogens is 1. The Labute approximate surface area is 266 Å². The average molecular weight is 668 g/mol. The van der Waals surface area contributed by atoms with E-state index in [1.807, 2.05) is 30.3 Å². The van der Waals surface area contributed by atoms with Gasteiger partial charge in [0.15, 0.2) is 29.3 Å². The normalized spacial score (nSPS) is 12.8. The predicted octanol–water partition coefficient (Wildman–Crippen LogP) is 4.80. The topological polar surface area (TPSA) is 171 Å². The molecule has 2 unspecified atom stereocenters. The number of rotatable bonds is 18. The molecule has 3 rings (SSSR count). The molecule has 0 saturated carbocycles. The van der Waals surface area contributed by atoms with E-state index in [2.05, 4.69) is 20.3 Å². The number of nitrogens with zero attached hydrogens (tertiary/aromatic N) is 4. The van der Waals surface area contributed by atoms with E-state index in [0.717, 1.165) is 0 Å². The summed E-state index contributed by atoms with van der Waals surface area (Å²) in [7, 11) is 2.78. The van der Waals surface area contributed by atoms with Crippen LogP contribution in [-0.2, 0) is 44.3 Å². The van der Waals surface area contributed by atoms with Crippen molar-refractivity contribution in [1.29, 1.82) is 0 Å². The second-order valence-corrected chi connectivity index (χ2v) is 10.9. The van der Waals surface area contributed by atoms with E-state index < -0.39 is 17.7 Å². The summed E-state index contributed by atoms with van der Waals surface area (Å²) in [6, 6.07) is 9.34. The fourth-order valence-corrected chi connectivity index (χ4v) is 4.47. The number of amides is 1. The van der Waals surface area contributed by atoms with Crippen LogP contribution in [0.25, 0.3) is 11.2 Å². The number of nitrogens with one attached hydrogen (secondary N) is 1. The number of carbonyl (C=O) groups excluding carboxylic acids is 3. The van der Waals surface area contributed by atoms with Gasteiger partial charge in [-0.25, -0.2) is 9.78 Å². The molecule has 0 radical (unpaired) electrons. The van der Waals surface area contributed by atoms with Crippen molar-refractivity contribution in [3.8, 4) is 5.75 Å². The Balaban J connectivity index is 1.55. The van der Waals surface area contributed by atoms with Gasteiger partial charge in [0, 0.05) is 13.7 Å². The number of allylic oxidation sites excluding steroid dienone is 1. The molecular formula is C28H35ClN5O10P. The number of aryl methyl sites for hydroxylation is 1. The molecule has 45 heavy (non-hydrogen) atoms. The molecule has 0 aliphatic carbocycles. The van der Waals surface area contributed by atoms with Crippen LogP contribution < -0.4 is 9.84 Å². The highest BCUT2D eigenvalue weighted by atomic mass is 35.5. The fraction of sp³-hybridized carbons (Fsp3) is 0.429. The lowest BCUT2D eigenvalue weighted by molar-refractivity contribution is -0.149. The van der Waals surface area contributed by atoms with E-state index in [9.17, 15) is 14.4 Å². The van der Waals surface area contributed by atoms with Crippen LogP contribution in [0.5, 0.6) is 5.75 Å². The second kappa shape index (κ2) is 17.4. The third kappa shape index (κ3) is 11.4. The average Bonchev–Trinajstić information content (AvgIpc) is 3.41. The zero-order valence-electron chi connectivity index (χ0n) is 25.4. The summed E-state index contributed by atoms with van der Waals surface area (Å²) in [4.78, 5) is 48.5. The van der Waals surface area contributed by atoms with E-state index in [1.54, 1.807) is 24.9 Å². The van der Waals surface area contributed by atoms with Crippen molar-refractivity contribution in [2.75, 3.05) is 32.8 Å². The molecule has 0 spiro atoms. The Bertz CT molecular complexity index is 1470. The lowest BCUT2D eigenvalue weighted by Gasteiger charge is -2.24. The van der Waals surface area contributed by atoms with Crippen molar-refractivity contribution < 1.29 is 47.1 Å². The minimum atomic E-state index is -1.29. The van der Waals surface area contributed by atoms with E-state index in [4.69, 9.17) is 44.3 Å². The van der Waals surface area contributed by atoms with Crippen LogP contribution in [0.15, 0.2) is 48.2 Å². The standard InChI is InChI=1S/C28H35ClN5O10P/c1-18(38-4)21(41-17-35)15-40-22(36)13-28(2,3)43-27(37)32-24-23-25(33-26(29)31-24)34(16-30-23)12-11-20(39-5)14-42-45-44-19-9-7-6-8-10-19/h6-10,16-17,20,45H,11-15H2,1-5H3,(H,31,32,33,37)/b21-18-. The van der Waals surface area contributed by atoms with Crippen molar-refractivity contribution in [3.05, 3.63) is 53.5 Å². The van der Waals surface area contributed by atoms with Gasteiger partial charge in [-0.15, -0.1) is 0 Å². The zero-order chi connectivity index (χ0) is 32.8. The van der Waals surface area contributed by atoms with Crippen LogP contribution in [0.3, 0.4) is 0 Å². The Hall–Kier alpha value is -4.04. The van der Waals surface area contributed by atoms with Gasteiger partial charge >= 0.3 is 12.1 Å². The van der Waals surface area contributed by atoms with E-state index >= 15 is 0 Å². The molecule has 1 amide bonds. The van der Waals surface area contributed by atoms with E-state index in [1.165, 1.54) is 21.0 Å². The number of hydrogen-bond acceptors (Lipinski definition) is 13. The van der Waals surface area contributed by atoms with Gasteiger partial charge in [-0.2, -0.15) is 9.97 Å². The van der Waals surface area contributed by atoms with Gasteiger partial charge in [0.2, 0.25) is 14.3 Å². The number of para-hydroxylation sites is 1. The Kier molecular flexibility index (Phi) is 13.7. The summed E-state index contributed by atoms with van der Waals surface area (Å²) in [6.07, 6.45) is 0.643. The highest BCUT2D eigenvalue weighted by Crippen LogP contribution is 2.24. The van der Waals surface area contributed by atoms with Gasteiger partial charge < -0.3 is 37.3 Å². The number of fused-ring (bicyclic) bond motifs is 1. The molecule has 1 aromatic carbocycles. The van der Waals surface area contributed by atoms with Crippen molar-refractivity contribution >= 4 is 56.2 Å². The minimum Gasteiger partial charge on any atom is -0.498 e. The number of hydrogen-bond donors (Lipinski definition) is 1. The zero-order valence-corrected chi connectivity index (χ0v) is 27.2. The van der Waals surface area contributed by atoms with Crippen molar-refractivity contribution in [2.45, 2.75) is 51.9 Å². The van der Waals surface area contributed by atoms with Gasteiger partial charge in [0.1, 0.15) is 17.1 Å².